The number of benzene rings is 1. The Balaban J connectivity index is 1.49. The summed E-state index contributed by atoms with van der Waals surface area (Å²) in [6.45, 7) is 1.09. The van der Waals surface area contributed by atoms with Gasteiger partial charge in [0.15, 0.2) is 11.6 Å². The van der Waals surface area contributed by atoms with E-state index in [9.17, 15) is 13.6 Å². The van der Waals surface area contributed by atoms with E-state index in [1.807, 2.05) is 6.07 Å². The van der Waals surface area contributed by atoms with Gasteiger partial charge in [0.1, 0.15) is 11.9 Å². The first-order valence-corrected chi connectivity index (χ1v) is 7.41. The molecule has 0 radical (unpaired) electrons. The molecule has 0 bridgehead atoms. The van der Waals surface area contributed by atoms with Crippen molar-refractivity contribution in [2.45, 2.75) is 6.42 Å². The molecule has 3 rings (SSSR count). The summed E-state index contributed by atoms with van der Waals surface area (Å²) in [5.41, 5.74) is 1.14. The van der Waals surface area contributed by atoms with Gasteiger partial charge in [-0.2, -0.15) is 5.26 Å². The molecule has 0 saturated carbocycles. The lowest BCUT2D eigenvalue weighted by Crippen LogP contribution is -2.52. The number of anilines is 1. The number of nitrogens with one attached hydrogen (secondary N) is 1. The maximum absolute atomic E-state index is 13.2. The molecule has 1 fully saturated rings. The lowest BCUT2D eigenvalue weighted by atomic mass is 9.92. The number of urea groups is 1. The summed E-state index contributed by atoms with van der Waals surface area (Å²) in [7, 11) is 0. The van der Waals surface area contributed by atoms with Gasteiger partial charge in [0.05, 0.1) is 5.56 Å². The normalized spacial score (nSPS) is 14.0. The van der Waals surface area contributed by atoms with E-state index in [4.69, 9.17) is 5.26 Å². The molecule has 5 nitrogen and oxygen atoms in total. The highest BCUT2D eigenvalue weighted by molar-refractivity contribution is 5.88. The van der Waals surface area contributed by atoms with E-state index in [2.05, 4.69) is 10.3 Å². The molecule has 0 aliphatic carbocycles. The van der Waals surface area contributed by atoms with Crippen LogP contribution in [0.4, 0.5) is 19.4 Å². The van der Waals surface area contributed by atoms with Gasteiger partial charge >= 0.3 is 6.03 Å². The van der Waals surface area contributed by atoms with Gasteiger partial charge in [-0.3, -0.25) is 5.32 Å². The van der Waals surface area contributed by atoms with Gasteiger partial charge in [0.2, 0.25) is 0 Å². The van der Waals surface area contributed by atoms with Crippen molar-refractivity contribution < 1.29 is 13.6 Å². The quantitative estimate of drug-likeness (QED) is 0.942. The Morgan fingerprint density at radius 2 is 2.08 bits per heavy atom. The summed E-state index contributed by atoms with van der Waals surface area (Å²) >= 11 is 0. The number of carbonyl (C=O) groups is 1. The zero-order valence-corrected chi connectivity index (χ0v) is 12.7. The Morgan fingerprint density at radius 1 is 1.29 bits per heavy atom. The van der Waals surface area contributed by atoms with Crippen molar-refractivity contribution in [1.82, 2.24) is 9.88 Å². The second-order valence-electron chi connectivity index (χ2n) is 5.70. The molecule has 2 aromatic rings. The standard InChI is InChI=1S/C17H14F2N4O/c18-14-3-1-11(6-15(14)19)5-13-9-23(10-13)17(24)22-16-4-2-12(7-20)8-21-16/h1-4,6,8,13H,5,9-10H2,(H,21,22,24). The van der Waals surface area contributed by atoms with Gasteiger partial charge in [-0.25, -0.2) is 18.6 Å². The van der Waals surface area contributed by atoms with Gasteiger partial charge in [-0.1, -0.05) is 6.07 Å². The molecule has 1 aliphatic heterocycles. The molecule has 2 amide bonds. The number of carbonyl (C=O) groups excluding carboxylic acids is 1. The van der Waals surface area contributed by atoms with Crippen molar-refractivity contribution >= 4 is 11.8 Å². The third-order valence-electron chi connectivity index (χ3n) is 3.88. The second-order valence-corrected chi connectivity index (χ2v) is 5.70. The molecular weight excluding hydrogens is 314 g/mol. The smallest absolute Gasteiger partial charge is 0.323 e. The zero-order valence-electron chi connectivity index (χ0n) is 12.7. The average Bonchev–Trinajstić information content (AvgIpc) is 2.54. The number of hydrogen-bond acceptors (Lipinski definition) is 3. The molecular formula is C17H14F2N4O. The summed E-state index contributed by atoms with van der Waals surface area (Å²) in [4.78, 5) is 17.6. The van der Waals surface area contributed by atoms with Crippen LogP contribution in [0.2, 0.25) is 0 Å². The predicted molar refractivity (Wildman–Crippen MR) is 83.1 cm³/mol. The van der Waals surface area contributed by atoms with Crippen LogP contribution in [0.15, 0.2) is 36.5 Å². The SMILES string of the molecule is N#Cc1ccc(NC(=O)N2CC(Cc3ccc(F)c(F)c3)C2)nc1. The first-order valence-electron chi connectivity index (χ1n) is 7.41. The first kappa shape index (κ1) is 15.9. The Hall–Kier alpha value is -3.01. The monoisotopic (exact) mass is 328 g/mol. The fourth-order valence-electron chi connectivity index (χ4n) is 2.59. The van der Waals surface area contributed by atoms with Gasteiger partial charge in [-0.05, 0) is 42.2 Å². The van der Waals surface area contributed by atoms with E-state index in [1.54, 1.807) is 23.1 Å². The van der Waals surface area contributed by atoms with Crippen LogP contribution in [-0.2, 0) is 6.42 Å². The number of halogens is 2. The molecule has 1 aliphatic rings. The molecule has 24 heavy (non-hydrogen) atoms. The second kappa shape index (κ2) is 6.62. The lowest BCUT2D eigenvalue weighted by Gasteiger charge is -2.39. The highest BCUT2D eigenvalue weighted by atomic mass is 19.2. The first-order chi connectivity index (χ1) is 11.5. The molecule has 1 N–H and O–H groups in total. The van der Waals surface area contributed by atoms with E-state index >= 15 is 0 Å². The molecule has 2 heterocycles. The average molecular weight is 328 g/mol. The summed E-state index contributed by atoms with van der Waals surface area (Å²) in [6.07, 6.45) is 1.98. The number of amides is 2. The maximum atomic E-state index is 13.2. The molecule has 122 valence electrons. The zero-order chi connectivity index (χ0) is 17.1. The summed E-state index contributed by atoms with van der Waals surface area (Å²) in [6, 6.07) is 8.69. The number of hydrogen-bond donors (Lipinski definition) is 1. The predicted octanol–water partition coefficient (Wildman–Crippen LogP) is 2.94. The molecule has 1 aromatic carbocycles. The number of likely N-dealkylation sites (tertiary alicyclic amines) is 1. The molecule has 0 atom stereocenters. The van der Waals surface area contributed by atoms with Gasteiger partial charge in [0, 0.05) is 19.3 Å². The van der Waals surface area contributed by atoms with E-state index in [0.717, 1.165) is 6.07 Å². The van der Waals surface area contributed by atoms with E-state index in [-0.39, 0.29) is 11.9 Å². The molecule has 0 unspecified atom stereocenters. The van der Waals surface area contributed by atoms with Crippen LogP contribution >= 0.6 is 0 Å². The van der Waals surface area contributed by atoms with E-state index in [1.165, 1.54) is 12.3 Å². The Morgan fingerprint density at radius 3 is 2.71 bits per heavy atom. The minimum Gasteiger partial charge on any atom is -0.324 e. The van der Waals surface area contributed by atoms with E-state index in [0.29, 0.717) is 36.5 Å². The molecule has 1 saturated heterocycles. The van der Waals surface area contributed by atoms with Crippen molar-refractivity contribution in [1.29, 1.82) is 5.26 Å². The number of pyridine rings is 1. The van der Waals surface area contributed by atoms with Crippen molar-refractivity contribution in [3.8, 4) is 6.07 Å². The van der Waals surface area contributed by atoms with Crippen LogP contribution in [0.5, 0.6) is 0 Å². The third-order valence-corrected chi connectivity index (χ3v) is 3.88. The highest BCUT2D eigenvalue weighted by Gasteiger charge is 2.30. The number of nitriles is 1. The number of aromatic nitrogens is 1. The lowest BCUT2D eigenvalue weighted by molar-refractivity contribution is 0.131. The highest BCUT2D eigenvalue weighted by Crippen LogP contribution is 2.22. The summed E-state index contributed by atoms with van der Waals surface area (Å²) in [5, 5.41) is 11.4. The van der Waals surface area contributed by atoms with Crippen molar-refractivity contribution in [3.05, 3.63) is 59.3 Å². The Bertz CT molecular complexity index is 795. The summed E-state index contributed by atoms with van der Waals surface area (Å²) < 4.78 is 26.1. The van der Waals surface area contributed by atoms with Crippen LogP contribution in [0.3, 0.4) is 0 Å². The topological polar surface area (TPSA) is 69.0 Å². The minimum atomic E-state index is -0.858. The molecule has 7 heteroatoms. The van der Waals surface area contributed by atoms with Crippen LogP contribution in [0.25, 0.3) is 0 Å². The van der Waals surface area contributed by atoms with Crippen LogP contribution in [-0.4, -0.2) is 29.0 Å². The molecule has 1 aromatic heterocycles. The van der Waals surface area contributed by atoms with Crippen molar-refractivity contribution in [3.63, 3.8) is 0 Å². The minimum absolute atomic E-state index is 0.217. The third kappa shape index (κ3) is 3.49. The summed E-state index contributed by atoms with van der Waals surface area (Å²) in [5.74, 6) is -1.12. The van der Waals surface area contributed by atoms with Crippen LogP contribution < -0.4 is 5.32 Å². The molecule has 0 spiro atoms. The van der Waals surface area contributed by atoms with Crippen molar-refractivity contribution in [2.75, 3.05) is 18.4 Å². The van der Waals surface area contributed by atoms with Gasteiger partial charge in [0.25, 0.3) is 0 Å². The van der Waals surface area contributed by atoms with Crippen LogP contribution in [0.1, 0.15) is 11.1 Å². The van der Waals surface area contributed by atoms with Gasteiger partial charge < -0.3 is 4.90 Å². The largest absolute Gasteiger partial charge is 0.324 e. The van der Waals surface area contributed by atoms with Crippen LogP contribution in [0, 0.1) is 28.9 Å². The maximum Gasteiger partial charge on any atom is 0.323 e. The Kier molecular flexibility index (Phi) is 4.38. The Labute approximate surface area is 137 Å². The van der Waals surface area contributed by atoms with Gasteiger partial charge in [-0.15, -0.1) is 0 Å². The van der Waals surface area contributed by atoms with Crippen molar-refractivity contribution in [2.24, 2.45) is 5.92 Å². The van der Waals surface area contributed by atoms with E-state index < -0.39 is 11.6 Å². The number of rotatable bonds is 3. The fourth-order valence-corrected chi connectivity index (χ4v) is 2.59. The number of nitrogens with zero attached hydrogens (tertiary/aromatic N) is 3. The fraction of sp³-hybridized carbons (Fsp3) is 0.235.